The van der Waals surface area contributed by atoms with Crippen LogP contribution >= 0.6 is 11.8 Å². The van der Waals surface area contributed by atoms with E-state index in [2.05, 4.69) is 10.3 Å². The number of ether oxygens (including phenoxy) is 1. The Morgan fingerprint density at radius 1 is 0.975 bits per heavy atom. The van der Waals surface area contributed by atoms with Gasteiger partial charge in [0.25, 0.3) is 5.91 Å². The van der Waals surface area contributed by atoms with Crippen molar-refractivity contribution in [3.63, 3.8) is 0 Å². The Balaban J connectivity index is 0.00000441. The number of aromatic nitrogens is 1. The van der Waals surface area contributed by atoms with E-state index in [1.54, 1.807) is 12.3 Å². The minimum absolute atomic E-state index is 0. The van der Waals surface area contributed by atoms with Crippen LogP contribution in [0.3, 0.4) is 0 Å². The first-order valence-electron chi connectivity index (χ1n) is 12.8. The van der Waals surface area contributed by atoms with Crippen molar-refractivity contribution in [3.8, 4) is 22.6 Å². The van der Waals surface area contributed by atoms with Crippen LogP contribution in [0, 0.1) is 6.92 Å². The first-order chi connectivity index (χ1) is 19.0. The minimum atomic E-state index is -1.28. The van der Waals surface area contributed by atoms with Gasteiger partial charge >= 0.3 is 18.9 Å². The SMILES string of the molecule is CSCC[C@H](NC(=O)c1ccc(CCc2cnccc2Oc2ccccc2)cc1-c1ccccc1C)C(=O)[O-].[Li+]. The van der Waals surface area contributed by atoms with Gasteiger partial charge in [-0.15, -0.1) is 0 Å². The molecule has 0 aliphatic heterocycles. The van der Waals surface area contributed by atoms with E-state index in [-0.39, 0.29) is 18.9 Å². The molecule has 4 aromatic rings. The molecule has 40 heavy (non-hydrogen) atoms. The van der Waals surface area contributed by atoms with E-state index in [0.29, 0.717) is 30.6 Å². The Morgan fingerprint density at radius 3 is 2.45 bits per heavy atom. The van der Waals surface area contributed by atoms with Crippen LogP contribution in [0.5, 0.6) is 11.5 Å². The van der Waals surface area contributed by atoms with Gasteiger partial charge in [-0.1, -0.05) is 54.6 Å². The second kappa shape index (κ2) is 15.3. The number of carboxylic acid groups (broad SMARTS) is 1. The van der Waals surface area contributed by atoms with Crippen molar-refractivity contribution in [2.75, 3.05) is 12.0 Å². The molecular weight excluding hydrogens is 515 g/mol. The Kier molecular flexibility index (Phi) is 11.9. The number of carbonyl (C=O) groups excluding carboxylic acids is 2. The van der Waals surface area contributed by atoms with Gasteiger partial charge in [0, 0.05) is 23.5 Å². The molecule has 6 nitrogen and oxygen atoms in total. The zero-order valence-electron chi connectivity index (χ0n) is 23.1. The van der Waals surface area contributed by atoms with E-state index in [1.807, 2.05) is 92.2 Å². The quantitative estimate of drug-likeness (QED) is 0.274. The molecule has 4 rings (SSSR count). The normalized spacial score (nSPS) is 11.2. The minimum Gasteiger partial charge on any atom is -0.548 e. The molecular formula is C32H31LiN2O4S. The molecule has 1 aromatic heterocycles. The standard InChI is InChI=1S/C32H32N2O4S.Li/c1-22-8-6-7-11-26(22)28-20-23(13-15-27(28)31(35)34-29(32(36)37)17-19-39-2)12-14-24-21-33-18-16-30(24)38-25-9-4-3-5-10-25;/h3-11,13,15-16,18,20-21,29H,12,14,17,19H2,1-2H3,(H,34,35)(H,36,37);/q;+1/p-1/t29-;/m0./s1. The van der Waals surface area contributed by atoms with E-state index in [9.17, 15) is 14.7 Å². The molecule has 0 aliphatic carbocycles. The van der Waals surface area contributed by atoms with Crippen molar-refractivity contribution in [1.29, 1.82) is 0 Å². The maximum absolute atomic E-state index is 13.3. The largest absolute Gasteiger partial charge is 1.00 e. The zero-order valence-corrected chi connectivity index (χ0v) is 23.9. The number of amides is 1. The number of nitrogens with zero attached hydrogens (tertiary/aromatic N) is 1. The number of carbonyl (C=O) groups is 2. The maximum atomic E-state index is 13.3. The summed E-state index contributed by atoms with van der Waals surface area (Å²) >= 11 is 1.52. The van der Waals surface area contributed by atoms with Crippen LogP contribution in [0.2, 0.25) is 0 Å². The molecule has 0 unspecified atom stereocenters. The predicted octanol–water partition coefficient (Wildman–Crippen LogP) is 2.24. The summed E-state index contributed by atoms with van der Waals surface area (Å²) in [5.74, 6) is 0.407. The van der Waals surface area contributed by atoms with Crippen LogP contribution < -0.4 is 34.0 Å². The summed E-state index contributed by atoms with van der Waals surface area (Å²) in [6.45, 7) is 2.00. The van der Waals surface area contributed by atoms with Crippen molar-refractivity contribution in [2.45, 2.75) is 32.2 Å². The Bertz CT molecular complexity index is 1430. The summed E-state index contributed by atoms with van der Waals surface area (Å²) in [5.41, 5.74) is 5.15. The average Bonchev–Trinajstić information content (AvgIpc) is 2.95. The Labute approximate surface area is 251 Å². The fourth-order valence-electron chi connectivity index (χ4n) is 4.36. The van der Waals surface area contributed by atoms with Gasteiger partial charge in [-0.25, -0.2) is 0 Å². The van der Waals surface area contributed by atoms with E-state index in [0.717, 1.165) is 39.3 Å². The van der Waals surface area contributed by atoms with Gasteiger partial charge in [0.2, 0.25) is 0 Å². The number of nitrogens with one attached hydrogen (secondary N) is 1. The molecule has 0 saturated carbocycles. The number of pyridine rings is 1. The molecule has 0 bridgehead atoms. The second-order valence-corrected chi connectivity index (χ2v) is 10.2. The van der Waals surface area contributed by atoms with E-state index < -0.39 is 17.9 Å². The average molecular weight is 547 g/mol. The summed E-state index contributed by atoms with van der Waals surface area (Å²) in [5, 5.41) is 14.3. The van der Waals surface area contributed by atoms with Crippen molar-refractivity contribution in [1.82, 2.24) is 10.3 Å². The van der Waals surface area contributed by atoms with Crippen molar-refractivity contribution >= 4 is 23.6 Å². The summed E-state index contributed by atoms with van der Waals surface area (Å²) in [6, 6.07) is 24.0. The van der Waals surface area contributed by atoms with Crippen LogP contribution in [0.4, 0.5) is 0 Å². The van der Waals surface area contributed by atoms with Crippen molar-refractivity contribution in [2.24, 2.45) is 0 Å². The third kappa shape index (κ3) is 8.25. The number of para-hydroxylation sites is 1. The molecule has 0 saturated heterocycles. The van der Waals surface area contributed by atoms with E-state index >= 15 is 0 Å². The van der Waals surface area contributed by atoms with Gasteiger partial charge in [0.15, 0.2) is 0 Å². The third-order valence-electron chi connectivity index (χ3n) is 6.48. The van der Waals surface area contributed by atoms with Gasteiger partial charge in [0.05, 0.1) is 12.0 Å². The number of hydrogen-bond acceptors (Lipinski definition) is 6. The van der Waals surface area contributed by atoms with Crippen LogP contribution in [-0.2, 0) is 17.6 Å². The number of aryl methyl sites for hydroxylation is 3. The van der Waals surface area contributed by atoms with Crippen LogP contribution in [0.1, 0.15) is 33.5 Å². The van der Waals surface area contributed by atoms with E-state index in [1.165, 1.54) is 11.8 Å². The number of benzene rings is 3. The molecule has 1 N–H and O–H groups in total. The molecule has 0 radical (unpaired) electrons. The molecule has 0 fully saturated rings. The van der Waals surface area contributed by atoms with Gasteiger partial charge in [-0.2, -0.15) is 11.8 Å². The van der Waals surface area contributed by atoms with Crippen LogP contribution in [-0.4, -0.2) is 34.9 Å². The zero-order chi connectivity index (χ0) is 27.6. The molecule has 3 aromatic carbocycles. The first kappa shape index (κ1) is 31.0. The van der Waals surface area contributed by atoms with Crippen LogP contribution in [0.15, 0.2) is 91.3 Å². The molecule has 200 valence electrons. The second-order valence-electron chi connectivity index (χ2n) is 9.22. The summed E-state index contributed by atoms with van der Waals surface area (Å²) < 4.78 is 6.09. The van der Waals surface area contributed by atoms with Crippen molar-refractivity contribution < 1.29 is 38.3 Å². The van der Waals surface area contributed by atoms with Crippen molar-refractivity contribution in [3.05, 3.63) is 114 Å². The summed E-state index contributed by atoms with van der Waals surface area (Å²) in [4.78, 5) is 29.2. The third-order valence-corrected chi connectivity index (χ3v) is 7.12. The van der Waals surface area contributed by atoms with Gasteiger partial charge in [0.1, 0.15) is 11.5 Å². The number of hydrogen-bond donors (Lipinski definition) is 1. The van der Waals surface area contributed by atoms with Gasteiger partial charge in [-0.3, -0.25) is 9.78 Å². The Morgan fingerprint density at radius 2 is 1.73 bits per heavy atom. The van der Waals surface area contributed by atoms with Gasteiger partial charge < -0.3 is 20.0 Å². The molecule has 1 heterocycles. The smallest absolute Gasteiger partial charge is 0.548 e. The summed E-state index contributed by atoms with van der Waals surface area (Å²) in [7, 11) is 0. The fourth-order valence-corrected chi connectivity index (χ4v) is 4.83. The fraction of sp³-hybridized carbons (Fsp3) is 0.219. The number of carboxylic acids is 1. The topological polar surface area (TPSA) is 91.3 Å². The Hall–Kier alpha value is -3.50. The van der Waals surface area contributed by atoms with Crippen LogP contribution in [0.25, 0.3) is 11.1 Å². The molecule has 0 aliphatic rings. The maximum Gasteiger partial charge on any atom is 1.00 e. The number of rotatable bonds is 12. The molecule has 1 amide bonds. The molecule has 1 atom stereocenters. The molecule has 8 heteroatoms. The predicted molar refractivity (Wildman–Crippen MR) is 154 cm³/mol. The molecule has 0 spiro atoms. The monoisotopic (exact) mass is 546 g/mol. The van der Waals surface area contributed by atoms with Gasteiger partial charge in [-0.05, 0) is 84.7 Å². The summed E-state index contributed by atoms with van der Waals surface area (Å²) in [6.07, 6.45) is 7.11. The number of thioether (sulfide) groups is 1. The van der Waals surface area contributed by atoms with E-state index in [4.69, 9.17) is 4.74 Å². The first-order valence-corrected chi connectivity index (χ1v) is 14.2. The number of aliphatic carboxylic acids is 1.